The van der Waals surface area contributed by atoms with Crippen molar-refractivity contribution in [2.24, 2.45) is 0 Å². The fourth-order valence-electron chi connectivity index (χ4n) is 3.36. The van der Waals surface area contributed by atoms with Gasteiger partial charge in [0.1, 0.15) is 11.6 Å². The molecule has 1 N–H and O–H groups in total. The number of halogens is 1. The van der Waals surface area contributed by atoms with Crippen molar-refractivity contribution in [2.45, 2.75) is 38.0 Å². The molecule has 1 aromatic heterocycles. The van der Waals surface area contributed by atoms with Gasteiger partial charge in [-0.3, -0.25) is 0 Å². The molecular weight excluding hydrogens is 355 g/mol. The monoisotopic (exact) mass is 380 g/mol. The average molecular weight is 380 g/mol. The van der Waals surface area contributed by atoms with Crippen LogP contribution in [0.5, 0.6) is 0 Å². The van der Waals surface area contributed by atoms with Gasteiger partial charge < -0.3 is 4.42 Å². The van der Waals surface area contributed by atoms with Crippen molar-refractivity contribution in [3.8, 4) is 0 Å². The standard InChI is InChI=1S/C19H25FN2O3S/c20-17-9-7-16(8-10-17)18(19-6-5-15-25-19)11-12-21-26(23,24)22-13-3-1-2-4-14-22/h5-10,15,18,21H,1-4,11-14H2/t18-/m1/s1. The zero-order valence-electron chi connectivity index (χ0n) is 14.7. The lowest BCUT2D eigenvalue weighted by atomic mass is 9.93. The van der Waals surface area contributed by atoms with Crippen molar-refractivity contribution in [3.05, 3.63) is 59.8 Å². The molecule has 5 nitrogen and oxygen atoms in total. The Morgan fingerprint density at radius 2 is 1.77 bits per heavy atom. The summed E-state index contributed by atoms with van der Waals surface area (Å²) in [4.78, 5) is 0. The minimum absolute atomic E-state index is 0.127. The number of nitrogens with one attached hydrogen (secondary N) is 1. The number of benzene rings is 1. The molecule has 0 aliphatic carbocycles. The van der Waals surface area contributed by atoms with Gasteiger partial charge in [-0.1, -0.05) is 25.0 Å². The van der Waals surface area contributed by atoms with Gasteiger partial charge in [0.15, 0.2) is 0 Å². The second kappa shape index (κ2) is 8.79. The van der Waals surface area contributed by atoms with Crippen LogP contribution >= 0.6 is 0 Å². The Morgan fingerprint density at radius 3 is 2.38 bits per heavy atom. The first-order valence-electron chi connectivity index (χ1n) is 9.10. The Balaban J connectivity index is 1.65. The van der Waals surface area contributed by atoms with E-state index in [0.717, 1.165) is 37.0 Å². The van der Waals surface area contributed by atoms with Gasteiger partial charge in [0, 0.05) is 25.6 Å². The Bertz CT molecular complexity index is 768. The van der Waals surface area contributed by atoms with Crippen molar-refractivity contribution >= 4 is 10.2 Å². The highest BCUT2D eigenvalue weighted by atomic mass is 32.2. The maximum absolute atomic E-state index is 13.2. The summed E-state index contributed by atoms with van der Waals surface area (Å²) < 4.78 is 48.0. The van der Waals surface area contributed by atoms with E-state index in [1.165, 1.54) is 12.1 Å². The lowest BCUT2D eigenvalue weighted by Gasteiger charge is -2.21. The summed E-state index contributed by atoms with van der Waals surface area (Å²) in [6, 6.07) is 9.90. The summed E-state index contributed by atoms with van der Waals surface area (Å²) in [7, 11) is -3.47. The average Bonchev–Trinajstić information content (AvgIpc) is 3.00. The lowest BCUT2D eigenvalue weighted by Crippen LogP contribution is -2.41. The molecule has 2 heterocycles. The van der Waals surface area contributed by atoms with Crippen molar-refractivity contribution in [3.63, 3.8) is 0 Å². The van der Waals surface area contributed by atoms with Crippen LogP contribution in [0.3, 0.4) is 0 Å². The van der Waals surface area contributed by atoms with Crippen LogP contribution in [0.4, 0.5) is 4.39 Å². The lowest BCUT2D eigenvalue weighted by molar-refractivity contribution is 0.412. The molecule has 0 bridgehead atoms. The van der Waals surface area contributed by atoms with E-state index >= 15 is 0 Å². The van der Waals surface area contributed by atoms with Gasteiger partial charge in [0.05, 0.1) is 6.26 Å². The van der Waals surface area contributed by atoms with Crippen molar-refractivity contribution in [2.75, 3.05) is 19.6 Å². The first-order chi connectivity index (χ1) is 12.6. The molecule has 3 rings (SSSR count). The van der Waals surface area contributed by atoms with E-state index < -0.39 is 10.2 Å². The van der Waals surface area contributed by atoms with Gasteiger partial charge >= 0.3 is 0 Å². The van der Waals surface area contributed by atoms with Crippen LogP contribution < -0.4 is 4.72 Å². The van der Waals surface area contributed by atoms with Crippen LogP contribution in [0.15, 0.2) is 47.1 Å². The molecule has 1 aromatic carbocycles. The molecule has 2 aromatic rings. The summed E-state index contributed by atoms with van der Waals surface area (Å²) in [6.45, 7) is 1.45. The van der Waals surface area contributed by atoms with Crippen LogP contribution in [0.1, 0.15) is 49.3 Å². The SMILES string of the molecule is O=S(=O)(NCC[C@H](c1ccc(F)cc1)c1ccco1)N1CCCCCC1. The van der Waals surface area contributed by atoms with E-state index in [0.29, 0.717) is 26.1 Å². The smallest absolute Gasteiger partial charge is 0.279 e. The van der Waals surface area contributed by atoms with Gasteiger partial charge in [-0.2, -0.15) is 12.7 Å². The maximum Gasteiger partial charge on any atom is 0.279 e. The minimum Gasteiger partial charge on any atom is -0.469 e. The Hall–Kier alpha value is -1.70. The zero-order chi connectivity index (χ0) is 18.4. The predicted octanol–water partition coefficient (Wildman–Crippen LogP) is 3.65. The summed E-state index contributed by atoms with van der Waals surface area (Å²) in [6.07, 6.45) is 6.10. The van der Waals surface area contributed by atoms with Crippen molar-refractivity contribution in [1.29, 1.82) is 0 Å². The minimum atomic E-state index is -3.47. The molecule has 7 heteroatoms. The predicted molar refractivity (Wildman–Crippen MR) is 98.5 cm³/mol. The summed E-state index contributed by atoms with van der Waals surface area (Å²) in [5.74, 6) is 0.317. The number of hydrogen-bond donors (Lipinski definition) is 1. The Kier molecular flexibility index (Phi) is 6.45. The summed E-state index contributed by atoms with van der Waals surface area (Å²) in [5, 5.41) is 0. The highest BCUT2D eigenvalue weighted by Gasteiger charge is 2.24. The van der Waals surface area contributed by atoms with Crippen LogP contribution in [0.25, 0.3) is 0 Å². The molecule has 1 saturated heterocycles. The molecule has 1 atom stereocenters. The van der Waals surface area contributed by atoms with Crippen LogP contribution in [-0.2, 0) is 10.2 Å². The second-order valence-corrected chi connectivity index (χ2v) is 8.38. The van der Waals surface area contributed by atoms with E-state index in [1.807, 2.05) is 6.07 Å². The third-order valence-corrected chi connectivity index (χ3v) is 6.40. The van der Waals surface area contributed by atoms with E-state index in [9.17, 15) is 12.8 Å². The quantitative estimate of drug-likeness (QED) is 0.797. The molecule has 0 unspecified atom stereocenters. The molecule has 26 heavy (non-hydrogen) atoms. The van der Waals surface area contributed by atoms with Gasteiger partial charge in [-0.05, 0) is 49.1 Å². The fourth-order valence-corrected chi connectivity index (χ4v) is 4.66. The number of rotatable bonds is 7. The largest absolute Gasteiger partial charge is 0.469 e. The van der Waals surface area contributed by atoms with Gasteiger partial charge in [-0.25, -0.2) is 9.11 Å². The van der Waals surface area contributed by atoms with E-state index in [-0.39, 0.29) is 11.7 Å². The Labute approximate surface area is 154 Å². The molecule has 1 fully saturated rings. The topological polar surface area (TPSA) is 62.6 Å². The zero-order valence-corrected chi connectivity index (χ0v) is 15.6. The molecule has 1 aliphatic rings. The maximum atomic E-state index is 13.2. The number of hydrogen-bond acceptors (Lipinski definition) is 3. The normalized spacial score (nSPS) is 17.7. The Morgan fingerprint density at radius 1 is 1.08 bits per heavy atom. The molecular formula is C19H25FN2O3S. The molecule has 1 aliphatic heterocycles. The van der Waals surface area contributed by atoms with Gasteiger partial charge in [-0.15, -0.1) is 0 Å². The van der Waals surface area contributed by atoms with E-state index in [2.05, 4.69) is 4.72 Å². The first kappa shape index (κ1) is 19.1. The molecule has 142 valence electrons. The highest BCUT2D eigenvalue weighted by Crippen LogP contribution is 2.28. The number of furan rings is 1. The molecule has 0 saturated carbocycles. The summed E-state index contributed by atoms with van der Waals surface area (Å²) in [5.41, 5.74) is 0.898. The molecule has 0 amide bonds. The van der Waals surface area contributed by atoms with Crippen molar-refractivity contribution < 1.29 is 17.2 Å². The highest BCUT2D eigenvalue weighted by molar-refractivity contribution is 7.87. The van der Waals surface area contributed by atoms with Crippen LogP contribution in [0.2, 0.25) is 0 Å². The number of nitrogens with zero attached hydrogens (tertiary/aromatic N) is 1. The third kappa shape index (κ3) is 4.93. The van der Waals surface area contributed by atoms with E-state index in [1.54, 1.807) is 28.8 Å². The van der Waals surface area contributed by atoms with Crippen LogP contribution in [0, 0.1) is 5.82 Å². The van der Waals surface area contributed by atoms with Gasteiger partial charge in [0.25, 0.3) is 10.2 Å². The van der Waals surface area contributed by atoms with Gasteiger partial charge in [0.2, 0.25) is 0 Å². The third-order valence-electron chi connectivity index (χ3n) is 4.78. The molecule has 0 radical (unpaired) electrons. The van der Waals surface area contributed by atoms with Crippen molar-refractivity contribution in [1.82, 2.24) is 9.03 Å². The van der Waals surface area contributed by atoms with Crippen LogP contribution in [-0.4, -0.2) is 32.4 Å². The fraction of sp³-hybridized carbons (Fsp3) is 0.474. The van der Waals surface area contributed by atoms with E-state index in [4.69, 9.17) is 4.42 Å². The second-order valence-electron chi connectivity index (χ2n) is 6.62. The first-order valence-corrected chi connectivity index (χ1v) is 10.5. The summed E-state index contributed by atoms with van der Waals surface area (Å²) >= 11 is 0. The molecule has 0 spiro atoms.